The predicted octanol–water partition coefficient (Wildman–Crippen LogP) is 2.73. The first-order valence-corrected chi connectivity index (χ1v) is 4.98. The van der Waals surface area contributed by atoms with Crippen LogP contribution in [-0.2, 0) is 0 Å². The number of aryl methyl sites for hydroxylation is 1. The second-order valence-electron chi connectivity index (χ2n) is 2.87. The van der Waals surface area contributed by atoms with Gasteiger partial charge in [0, 0.05) is 3.57 Å². The van der Waals surface area contributed by atoms with Gasteiger partial charge >= 0.3 is 0 Å². The summed E-state index contributed by atoms with van der Waals surface area (Å²) in [4.78, 5) is 10.8. The van der Waals surface area contributed by atoms with Gasteiger partial charge in [-0.1, -0.05) is 0 Å². The minimum atomic E-state index is 0.650. The van der Waals surface area contributed by atoms with Gasteiger partial charge in [-0.2, -0.15) is 0 Å². The first kappa shape index (κ1) is 10.5. The molecule has 1 aromatic rings. The Morgan fingerprint density at radius 1 is 1.46 bits per heavy atom. The van der Waals surface area contributed by atoms with Crippen molar-refractivity contribution in [2.24, 2.45) is 0 Å². The Morgan fingerprint density at radius 3 is 2.54 bits per heavy atom. The van der Waals surface area contributed by atoms with E-state index in [-0.39, 0.29) is 0 Å². The van der Waals surface area contributed by atoms with Gasteiger partial charge in [0.05, 0.1) is 12.7 Å². The maximum Gasteiger partial charge on any atom is 0.154 e. The topological polar surface area (TPSA) is 26.3 Å². The van der Waals surface area contributed by atoms with Gasteiger partial charge in [-0.25, -0.2) is 0 Å². The lowest BCUT2D eigenvalue weighted by Crippen LogP contribution is -1.98. The molecule has 0 radical (unpaired) electrons. The number of carbonyl (C=O) groups is 1. The molecule has 1 aromatic carbocycles. The lowest BCUT2D eigenvalue weighted by Gasteiger charge is -2.10. The van der Waals surface area contributed by atoms with Gasteiger partial charge in [0.1, 0.15) is 5.75 Å². The van der Waals surface area contributed by atoms with Crippen molar-refractivity contribution in [3.05, 3.63) is 26.3 Å². The molecular formula is C10H11IO2. The van der Waals surface area contributed by atoms with Crippen molar-refractivity contribution in [1.29, 1.82) is 0 Å². The van der Waals surface area contributed by atoms with Crippen LogP contribution >= 0.6 is 22.6 Å². The minimum absolute atomic E-state index is 0.650. The van der Waals surface area contributed by atoms with Gasteiger partial charge in [-0.05, 0) is 53.6 Å². The number of ether oxygens (including phenoxy) is 1. The summed E-state index contributed by atoms with van der Waals surface area (Å²) in [5, 5.41) is 0. The number of methoxy groups -OCH3 is 1. The average Bonchev–Trinajstić information content (AvgIpc) is 2.13. The van der Waals surface area contributed by atoms with Gasteiger partial charge in [0.25, 0.3) is 0 Å². The highest BCUT2D eigenvalue weighted by Gasteiger charge is 2.10. The largest absolute Gasteiger partial charge is 0.496 e. The Labute approximate surface area is 91.4 Å². The SMILES string of the molecule is COc1cc(C)c(I)c(C)c1C=O. The molecule has 0 unspecified atom stereocenters. The summed E-state index contributed by atoms with van der Waals surface area (Å²) in [6.45, 7) is 3.94. The zero-order valence-electron chi connectivity index (χ0n) is 7.85. The van der Waals surface area contributed by atoms with Crippen LogP contribution in [0.2, 0.25) is 0 Å². The van der Waals surface area contributed by atoms with Gasteiger partial charge in [0.2, 0.25) is 0 Å². The molecule has 13 heavy (non-hydrogen) atoms. The molecule has 0 atom stereocenters. The van der Waals surface area contributed by atoms with Crippen molar-refractivity contribution in [2.45, 2.75) is 13.8 Å². The molecule has 0 aromatic heterocycles. The van der Waals surface area contributed by atoms with Crippen LogP contribution in [0.25, 0.3) is 0 Å². The summed E-state index contributed by atoms with van der Waals surface area (Å²) in [5.41, 5.74) is 2.78. The molecule has 0 bridgehead atoms. The fourth-order valence-electron chi connectivity index (χ4n) is 1.25. The molecule has 0 aliphatic carbocycles. The van der Waals surface area contributed by atoms with E-state index in [1.165, 1.54) is 0 Å². The van der Waals surface area contributed by atoms with Crippen molar-refractivity contribution in [2.75, 3.05) is 7.11 Å². The van der Waals surface area contributed by atoms with Crippen LogP contribution in [0.1, 0.15) is 21.5 Å². The fraction of sp³-hybridized carbons (Fsp3) is 0.300. The van der Waals surface area contributed by atoms with Crippen LogP contribution < -0.4 is 4.74 Å². The Balaban J connectivity index is 3.47. The molecule has 0 saturated carbocycles. The number of aldehydes is 1. The van der Waals surface area contributed by atoms with Crippen molar-refractivity contribution in [3.8, 4) is 5.75 Å². The van der Waals surface area contributed by atoms with Crippen LogP contribution in [0.3, 0.4) is 0 Å². The molecule has 0 amide bonds. The van der Waals surface area contributed by atoms with Crippen LogP contribution in [0, 0.1) is 17.4 Å². The lowest BCUT2D eigenvalue weighted by atomic mass is 10.1. The van der Waals surface area contributed by atoms with E-state index in [4.69, 9.17) is 4.74 Å². The predicted molar refractivity (Wildman–Crippen MR) is 60.6 cm³/mol. The van der Waals surface area contributed by atoms with Crippen molar-refractivity contribution >= 4 is 28.9 Å². The van der Waals surface area contributed by atoms with Gasteiger partial charge in [-0.3, -0.25) is 4.79 Å². The summed E-state index contributed by atoms with van der Waals surface area (Å²) >= 11 is 2.24. The second kappa shape index (κ2) is 4.09. The average molecular weight is 290 g/mol. The van der Waals surface area contributed by atoms with E-state index >= 15 is 0 Å². The zero-order chi connectivity index (χ0) is 10.0. The molecule has 70 valence electrons. The van der Waals surface area contributed by atoms with Gasteiger partial charge < -0.3 is 4.74 Å². The number of carbonyl (C=O) groups excluding carboxylic acids is 1. The summed E-state index contributed by atoms with van der Waals surface area (Å²) in [6.07, 6.45) is 0.843. The number of rotatable bonds is 2. The molecule has 3 heteroatoms. The van der Waals surface area contributed by atoms with Crippen molar-refractivity contribution in [3.63, 3.8) is 0 Å². The third-order valence-corrected chi connectivity index (χ3v) is 3.69. The maximum atomic E-state index is 10.8. The van der Waals surface area contributed by atoms with Crippen LogP contribution in [0.15, 0.2) is 6.07 Å². The first-order chi connectivity index (χ1) is 6.11. The van der Waals surface area contributed by atoms with E-state index in [1.54, 1.807) is 7.11 Å². The smallest absolute Gasteiger partial charge is 0.154 e. The molecule has 0 N–H and O–H groups in total. The van der Waals surface area contributed by atoms with Crippen LogP contribution in [0.4, 0.5) is 0 Å². The van der Waals surface area contributed by atoms with Crippen LogP contribution in [0.5, 0.6) is 5.75 Å². The van der Waals surface area contributed by atoms with E-state index in [1.807, 2.05) is 19.9 Å². The number of benzene rings is 1. The highest BCUT2D eigenvalue weighted by atomic mass is 127. The minimum Gasteiger partial charge on any atom is -0.496 e. The number of hydrogen-bond donors (Lipinski definition) is 0. The Kier molecular flexibility index (Phi) is 3.30. The normalized spacial score (nSPS) is 9.85. The summed E-state index contributed by atoms with van der Waals surface area (Å²) < 4.78 is 6.24. The highest BCUT2D eigenvalue weighted by Crippen LogP contribution is 2.27. The molecule has 0 heterocycles. The molecule has 0 saturated heterocycles. The zero-order valence-corrected chi connectivity index (χ0v) is 10.0. The summed E-state index contributed by atoms with van der Waals surface area (Å²) in [6, 6.07) is 1.89. The fourth-order valence-corrected chi connectivity index (χ4v) is 1.70. The van der Waals surface area contributed by atoms with E-state index in [9.17, 15) is 4.79 Å². The maximum absolute atomic E-state index is 10.8. The van der Waals surface area contributed by atoms with E-state index in [0.29, 0.717) is 11.3 Å². The van der Waals surface area contributed by atoms with Crippen LogP contribution in [-0.4, -0.2) is 13.4 Å². The summed E-state index contributed by atoms with van der Waals surface area (Å²) in [5.74, 6) is 0.658. The molecule has 2 nitrogen and oxygen atoms in total. The third-order valence-electron chi connectivity index (χ3n) is 2.03. The van der Waals surface area contributed by atoms with E-state index < -0.39 is 0 Å². The standard InChI is InChI=1S/C10H11IO2/c1-6-4-9(13-3)8(5-12)7(2)10(6)11/h4-5H,1-3H3. The van der Waals surface area contributed by atoms with Gasteiger partial charge in [-0.15, -0.1) is 0 Å². The van der Waals surface area contributed by atoms with Gasteiger partial charge in [0.15, 0.2) is 6.29 Å². The summed E-state index contributed by atoms with van der Waals surface area (Å²) in [7, 11) is 1.58. The lowest BCUT2D eigenvalue weighted by molar-refractivity contribution is 0.112. The molecule has 0 spiro atoms. The number of halogens is 1. The Hall–Kier alpha value is -0.580. The van der Waals surface area contributed by atoms with E-state index in [2.05, 4.69) is 22.6 Å². The Bertz CT molecular complexity index is 345. The number of hydrogen-bond acceptors (Lipinski definition) is 2. The molecule has 0 aliphatic rings. The quantitative estimate of drug-likeness (QED) is 0.618. The highest BCUT2D eigenvalue weighted by molar-refractivity contribution is 14.1. The van der Waals surface area contributed by atoms with E-state index in [0.717, 1.165) is 21.0 Å². The van der Waals surface area contributed by atoms with Crippen molar-refractivity contribution < 1.29 is 9.53 Å². The molecule has 1 rings (SSSR count). The third kappa shape index (κ3) is 1.85. The molecular weight excluding hydrogens is 279 g/mol. The second-order valence-corrected chi connectivity index (χ2v) is 3.94. The monoisotopic (exact) mass is 290 g/mol. The first-order valence-electron chi connectivity index (χ1n) is 3.90. The molecule has 0 fully saturated rings. The Morgan fingerprint density at radius 2 is 2.08 bits per heavy atom. The molecule has 0 aliphatic heterocycles. The van der Waals surface area contributed by atoms with Crippen molar-refractivity contribution in [1.82, 2.24) is 0 Å².